The lowest BCUT2D eigenvalue weighted by atomic mass is 9.79. The summed E-state index contributed by atoms with van der Waals surface area (Å²) in [5.74, 6) is 0. The standard InChI is InChI=1S/C45H37N3/c1-45(2)37-23-13-11-21-35(37)39-33-19-9-10-20-34(33)42-40(41(39)45)36-22-12-14-24-38(36)47(42)31-25-27-32(28-26-31)48-43(29-15-5-3-6-16-29)46-44(48)30-17-7-4-8-18-30/h3,5-7,9-28,43-44,46H,4,8H2,1-2H3. The van der Waals surface area contributed by atoms with Crippen LogP contribution in [-0.4, -0.2) is 10.7 Å². The van der Waals surface area contributed by atoms with Crippen LogP contribution < -0.4 is 10.2 Å². The molecule has 232 valence electrons. The van der Waals surface area contributed by atoms with Crippen molar-refractivity contribution in [1.82, 2.24) is 9.88 Å². The molecular formula is C45H37N3. The van der Waals surface area contributed by atoms with Crippen molar-refractivity contribution in [3.8, 4) is 16.8 Å². The highest BCUT2D eigenvalue weighted by Crippen LogP contribution is 2.56. The highest BCUT2D eigenvalue weighted by Gasteiger charge is 2.41. The minimum Gasteiger partial charge on any atom is -0.332 e. The molecule has 1 aromatic heterocycles. The topological polar surface area (TPSA) is 20.2 Å². The van der Waals surface area contributed by atoms with Crippen LogP contribution in [0.1, 0.15) is 49.5 Å². The summed E-state index contributed by atoms with van der Waals surface area (Å²) in [6, 6.07) is 47.2. The summed E-state index contributed by atoms with van der Waals surface area (Å²) in [5.41, 5.74) is 13.1. The summed E-state index contributed by atoms with van der Waals surface area (Å²) in [5, 5.41) is 9.17. The normalized spacial score (nSPS) is 19.4. The Morgan fingerprint density at radius 2 is 1.33 bits per heavy atom. The van der Waals surface area contributed by atoms with Gasteiger partial charge in [-0.3, -0.25) is 5.32 Å². The summed E-state index contributed by atoms with van der Waals surface area (Å²) in [4.78, 5) is 2.54. The van der Waals surface area contributed by atoms with E-state index in [0.717, 1.165) is 12.8 Å². The van der Waals surface area contributed by atoms with Crippen molar-refractivity contribution in [3.63, 3.8) is 0 Å². The van der Waals surface area contributed by atoms with Gasteiger partial charge in [0.15, 0.2) is 0 Å². The zero-order valence-electron chi connectivity index (χ0n) is 27.3. The number of rotatable bonds is 4. The van der Waals surface area contributed by atoms with Gasteiger partial charge in [0.2, 0.25) is 0 Å². The van der Waals surface area contributed by atoms with Crippen LogP contribution in [0.25, 0.3) is 49.4 Å². The highest BCUT2D eigenvalue weighted by molar-refractivity contribution is 6.25. The van der Waals surface area contributed by atoms with E-state index in [1.54, 1.807) is 0 Å². The first-order chi connectivity index (χ1) is 23.6. The summed E-state index contributed by atoms with van der Waals surface area (Å²) >= 11 is 0. The lowest BCUT2D eigenvalue weighted by molar-refractivity contribution is 0.308. The lowest BCUT2D eigenvalue weighted by Gasteiger charge is -2.52. The molecule has 3 nitrogen and oxygen atoms in total. The number of hydrogen-bond acceptors (Lipinski definition) is 2. The Labute approximate surface area is 281 Å². The molecule has 2 heterocycles. The number of fused-ring (bicyclic) bond motifs is 10. The average Bonchev–Trinajstić information content (AvgIpc) is 3.59. The largest absolute Gasteiger partial charge is 0.332 e. The minimum absolute atomic E-state index is 0.124. The zero-order chi connectivity index (χ0) is 32.0. The van der Waals surface area contributed by atoms with E-state index < -0.39 is 0 Å². The van der Waals surface area contributed by atoms with E-state index in [-0.39, 0.29) is 17.7 Å². The molecule has 7 aromatic rings. The zero-order valence-corrected chi connectivity index (χ0v) is 27.3. The second-order valence-corrected chi connectivity index (χ2v) is 14.0. The predicted octanol–water partition coefficient (Wildman–Crippen LogP) is 11.0. The second kappa shape index (κ2) is 10.3. The van der Waals surface area contributed by atoms with Crippen LogP contribution in [0.2, 0.25) is 0 Å². The first-order valence-corrected chi connectivity index (χ1v) is 17.3. The Morgan fingerprint density at radius 3 is 2.12 bits per heavy atom. The van der Waals surface area contributed by atoms with Crippen LogP contribution >= 0.6 is 0 Å². The molecule has 0 radical (unpaired) electrons. The van der Waals surface area contributed by atoms with Crippen LogP contribution in [0.15, 0.2) is 151 Å². The van der Waals surface area contributed by atoms with Crippen molar-refractivity contribution in [3.05, 3.63) is 168 Å². The number of aromatic nitrogens is 1. The molecule has 10 rings (SSSR count). The van der Waals surface area contributed by atoms with Crippen LogP contribution in [0.4, 0.5) is 5.69 Å². The molecule has 0 spiro atoms. The molecule has 48 heavy (non-hydrogen) atoms. The monoisotopic (exact) mass is 619 g/mol. The summed E-state index contributed by atoms with van der Waals surface area (Å²) in [6.07, 6.45) is 9.49. The Kier molecular flexibility index (Phi) is 5.95. The maximum Gasteiger partial charge on any atom is 0.109 e. The molecular weight excluding hydrogens is 583 g/mol. The highest BCUT2D eigenvalue weighted by atomic mass is 15.5. The van der Waals surface area contributed by atoms with Gasteiger partial charge >= 0.3 is 0 Å². The van der Waals surface area contributed by atoms with E-state index >= 15 is 0 Å². The summed E-state index contributed by atoms with van der Waals surface area (Å²) in [7, 11) is 0. The van der Waals surface area contributed by atoms with Gasteiger partial charge in [-0.15, -0.1) is 0 Å². The third-order valence-electron chi connectivity index (χ3n) is 11.1. The van der Waals surface area contributed by atoms with Gasteiger partial charge in [-0.2, -0.15) is 0 Å². The molecule has 3 aliphatic rings. The van der Waals surface area contributed by atoms with Gasteiger partial charge in [0, 0.05) is 32.9 Å². The number of allylic oxidation sites excluding steroid dienone is 2. The molecule has 1 fully saturated rings. The Hall–Kier alpha value is -5.38. The van der Waals surface area contributed by atoms with Gasteiger partial charge < -0.3 is 9.47 Å². The number of hydrogen-bond donors (Lipinski definition) is 1. The smallest absolute Gasteiger partial charge is 0.109 e. The number of anilines is 1. The number of benzene rings is 6. The Bertz CT molecular complexity index is 2460. The van der Waals surface area contributed by atoms with Gasteiger partial charge in [0.1, 0.15) is 12.3 Å². The molecule has 3 heteroatoms. The van der Waals surface area contributed by atoms with Crippen LogP contribution in [-0.2, 0) is 5.41 Å². The van der Waals surface area contributed by atoms with E-state index in [1.165, 1.54) is 77.3 Å². The maximum absolute atomic E-state index is 3.87. The van der Waals surface area contributed by atoms with E-state index in [2.05, 4.69) is 174 Å². The fraction of sp³-hybridized carbons (Fsp3) is 0.156. The van der Waals surface area contributed by atoms with Crippen LogP contribution in [0.3, 0.4) is 0 Å². The molecule has 2 atom stereocenters. The van der Waals surface area contributed by atoms with Crippen molar-refractivity contribution in [2.75, 3.05) is 4.90 Å². The summed E-state index contributed by atoms with van der Waals surface area (Å²) < 4.78 is 2.52. The molecule has 1 N–H and O–H groups in total. The fourth-order valence-corrected chi connectivity index (χ4v) is 8.90. The third-order valence-corrected chi connectivity index (χ3v) is 11.1. The van der Waals surface area contributed by atoms with E-state index in [9.17, 15) is 0 Å². The SMILES string of the molecule is CC1(C)c2ccccc2-c2c1c1c3ccccc3n(-c3ccc(N4C(C5=CCCC=C5)NC4c4ccccc4)cc3)c1c1ccccc21. The Balaban J connectivity index is 1.19. The average molecular weight is 620 g/mol. The van der Waals surface area contributed by atoms with Crippen molar-refractivity contribution < 1.29 is 0 Å². The molecule has 2 unspecified atom stereocenters. The first-order valence-electron chi connectivity index (χ1n) is 17.3. The van der Waals surface area contributed by atoms with Gasteiger partial charge in [0.05, 0.1) is 11.0 Å². The van der Waals surface area contributed by atoms with E-state index in [1.807, 2.05) is 0 Å². The number of para-hydroxylation sites is 1. The molecule has 1 aliphatic heterocycles. The summed E-state index contributed by atoms with van der Waals surface area (Å²) in [6.45, 7) is 4.81. The maximum atomic E-state index is 3.87. The quantitative estimate of drug-likeness (QED) is 0.212. The molecule has 6 aromatic carbocycles. The van der Waals surface area contributed by atoms with Gasteiger partial charge in [-0.25, -0.2) is 0 Å². The van der Waals surface area contributed by atoms with E-state index in [0.29, 0.717) is 0 Å². The van der Waals surface area contributed by atoms with Crippen molar-refractivity contribution in [2.45, 2.75) is 44.4 Å². The van der Waals surface area contributed by atoms with Gasteiger partial charge in [-0.1, -0.05) is 129 Å². The van der Waals surface area contributed by atoms with Gasteiger partial charge in [-0.05, 0) is 82.0 Å². The Morgan fingerprint density at radius 1 is 0.646 bits per heavy atom. The van der Waals surface area contributed by atoms with Crippen molar-refractivity contribution in [1.29, 1.82) is 0 Å². The van der Waals surface area contributed by atoms with Gasteiger partial charge in [0.25, 0.3) is 0 Å². The molecule has 0 amide bonds. The van der Waals surface area contributed by atoms with E-state index in [4.69, 9.17) is 0 Å². The molecule has 0 bridgehead atoms. The molecule has 0 saturated carbocycles. The molecule has 1 saturated heterocycles. The molecule has 2 aliphatic carbocycles. The number of nitrogens with one attached hydrogen (secondary N) is 1. The van der Waals surface area contributed by atoms with Crippen LogP contribution in [0, 0.1) is 0 Å². The van der Waals surface area contributed by atoms with Crippen molar-refractivity contribution in [2.24, 2.45) is 0 Å². The second-order valence-electron chi connectivity index (χ2n) is 14.0. The fourth-order valence-electron chi connectivity index (χ4n) is 8.90. The van der Waals surface area contributed by atoms with Crippen molar-refractivity contribution >= 4 is 38.3 Å². The predicted molar refractivity (Wildman–Crippen MR) is 201 cm³/mol. The third kappa shape index (κ3) is 3.80. The van der Waals surface area contributed by atoms with Crippen LogP contribution in [0.5, 0.6) is 0 Å². The number of nitrogens with zero attached hydrogens (tertiary/aromatic N) is 2. The first kappa shape index (κ1) is 27.7. The minimum atomic E-state index is -0.124. The lowest BCUT2D eigenvalue weighted by Crippen LogP contribution is -2.64.